The van der Waals surface area contributed by atoms with Gasteiger partial charge in [-0.25, -0.2) is 19.7 Å². The number of nitrogens with two attached hydrogens (primary N) is 1. The Balaban J connectivity index is 1.84. The van der Waals surface area contributed by atoms with Gasteiger partial charge in [-0.15, -0.1) is 0 Å². The molecule has 1 aromatic carbocycles. The number of carbonyl (C=O) groups excluding carboxylic acids is 1. The summed E-state index contributed by atoms with van der Waals surface area (Å²) in [6, 6.07) is 7.13. The number of nitrogens with one attached hydrogen (secondary N) is 1. The number of aromatic nitrogens is 4. The molecule has 0 aliphatic rings. The van der Waals surface area contributed by atoms with E-state index in [4.69, 9.17) is 10.5 Å². The molecule has 0 radical (unpaired) electrons. The molecule has 0 saturated carbocycles. The maximum absolute atomic E-state index is 12.2. The van der Waals surface area contributed by atoms with Gasteiger partial charge in [-0.1, -0.05) is 23.9 Å². The summed E-state index contributed by atoms with van der Waals surface area (Å²) in [6.45, 7) is 3.82. The number of H-pyrrole nitrogens is 1. The molecule has 3 aromatic rings. The maximum Gasteiger partial charge on any atom is 0.343 e. The SMILES string of the molecule is CCOC(=O)c1cnc(S[C@@H](C)c2nc3ccccc3c(=O)[nH]2)nc1N. The molecule has 134 valence electrons. The van der Waals surface area contributed by atoms with E-state index in [1.165, 1.54) is 18.0 Å². The van der Waals surface area contributed by atoms with Gasteiger partial charge in [0.05, 0.1) is 22.8 Å². The van der Waals surface area contributed by atoms with Gasteiger partial charge in [0.25, 0.3) is 5.56 Å². The number of fused-ring (bicyclic) bond motifs is 1. The molecule has 0 fully saturated rings. The van der Waals surface area contributed by atoms with Crippen LogP contribution in [-0.2, 0) is 4.74 Å². The Morgan fingerprint density at radius 2 is 2.12 bits per heavy atom. The lowest BCUT2D eigenvalue weighted by Crippen LogP contribution is -2.13. The molecule has 3 N–H and O–H groups in total. The zero-order chi connectivity index (χ0) is 18.7. The van der Waals surface area contributed by atoms with E-state index >= 15 is 0 Å². The normalized spacial score (nSPS) is 12.1. The third-order valence-electron chi connectivity index (χ3n) is 3.59. The van der Waals surface area contributed by atoms with E-state index in [1.807, 2.05) is 13.0 Å². The molecule has 0 saturated heterocycles. The molecular formula is C17H17N5O3S. The van der Waals surface area contributed by atoms with Crippen LogP contribution in [0.2, 0.25) is 0 Å². The van der Waals surface area contributed by atoms with Crippen LogP contribution in [0.5, 0.6) is 0 Å². The number of hydrogen-bond acceptors (Lipinski definition) is 8. The van der Waals surface area contributed by atoms with Crippen LogP contribution >= 0.6 is 11.8 Å². The van der Waals surface area contributed by atoms with E-state index in [2.05, 4.69) is 19.9 Å². The van der Waals surface area contributed by atoms with Crippen molar-refractivity contribution in [1.82, 2.24) is 19.9 Å². The average Bonchev–Trinajstić information content (AvgIpc) is 2.62. The summed E-state index contributed by atoms with van der Waals surface area (Å²) in [7, 11) is 0. The average molecular weight is 371 g/mol. The molecule has 26 heavy (non-hydrogen) atoms. The highest BCUT2D eigenvalue weighted by Crippen LogP contribution is 2.31. The number of aromatic amines is 1. The first kappa shape index (κ1) is 17.9. The number of rotatable bonds is 5. The predicted molar refractivity (Wildman–Crippen MR) is 99.0 cm³/mol. The van der Waals surface area contributed by atoms with Crippen LogP contribution in [0, 0.1) is 0 Å². The van der Waals surface area contributed by atoms with E-state index in [1.54, 1.807) is 25.1 Å². The maximum atomic E-state index is 12.2. The monoisotopic (exact) mass is 371 g/mol. The highest BCUT2D eigenvalue weighted by Gasteiger charge is 2.17. The molecule has 3 rings (SSSR count). The number of hydrogen-bond donors (Lipinski definition) is 2. The molecule has 0 spiro atoms. The first-order chi connectivity index (χ1) is 12.5. The predicted octanol–water partition coefficient (Wildman–Crippen LogP) is 2.33. The number of esters is 1. The van der Waals surface area contributed by atoms with Crippen molar-refractivity contribution in [3.63, 3.8) is 0 Å². The summed E-state index contributed by atoms with van der Waals surface area (Å²) in [5.41, 5.74) is 6.38. The molecular weight excluding hydrogens is 354 g/mol. The minimum Gasteiger partial charge on any atom is -0.462 e. The van der Waals surface area contributed by atoms with Crippen molar-refractivity contribution in [3.8, 4) is 0 Å². The van der Waals surface area contributed by atoms with E-state index in [9.17, 15) is 9.59 Å². The highest BCUT2D eigenvalue weighted by molar-refractivity contribution is 7.99. The molecule has 0 bridgehead atoms. The number of nitrogens with zero attached hydrogens (tertiary/aromatic N) is 3. The van der Waals surface area contributed by atoms with Crippen molar-refractivity contribution in [1.29, 1.82) is 0 Å². The molecule has 0 amide bonds. The van der Waals surface area contributed by atoms with Gasteiger partial charge in [0, 0.05) is 6.20 Å². The van der Waals surface area contributed by atoms with Crippen LogP contribution in [0.25, 0.3) is 10.9 Å². The summed E-state index contributed by atoms with van der Waals surface area (Å²) < 4.78 is 4.90. The van der Waals surface area contributed by atoms with Crippen LogP contribution in [0.3, 0.4) is 0 Å². The van der Waals surface area contributed by atoms with Crippen LogP contribution in [0.15, 0.2) is 40.4 Å². The standard InChI is InChI=1S/C17H17N5O3S/c1-3-25-16(24)11-8-19-17(21-13(11)18)26-9(2)14-20-12-7-5-4-6-10(12)15(23)22-14/h4-9H,3H2,1-2H3,(H2,18,19,21)(H,20,22,23)/t9-/m0/s1. The zero-order valence-corrected chi connectivity index (χ0v) is 15.0. The Morgan fingerprint density at radius 1 is 1.35 bits per heavy atom. The van der Waals surface area contributed by atoms with Crippen molar-refractivity contribution in [2.24, 2.45) is 0 Å². The Bertz CT molecular complexity index is 1020. The highest BCUT2D eigenvalue weighted by atomic mass is 32.2. The van der Waals surface area contributed by atoms with Gasteiger partial charge in [0.15, 0.2) is 5.16 Å². The van der Waals surface area contributed by atoms with Crippen molar-refractivity contribution >= 4 is 34.5 Å². The smallest absolute Gasteiger partial charge is 0.343 e. The summed E-state index contributed by atoms with van der Waals surface area (Å²) in [6.07, 6.45) is 1.34. The molecule has 9 heteroatoms. The fraction of sp³-hybridized carbons (Fsp3) is 0.235. The van der Waals surface area contributed by atoms with Gasteiger partial charge in [-0.05, 0) is 26.0 Å². The van der Waals surface area contributed by atoms with Crippen LogP contribution in [-0.4, -0.2) is 32.5 Å². The largest absolute Gasteiger partial charge is 0.462 e. The number of carbonyl (C=O) groups is 1. The van der Waals surface area contributed by atoms with E-state index in [0.717, 1.165) is 0 Å². The minimum atomic E-state index is -0.560. The number of ether oxygens (including phenoxy) is 1. The van der Waals surface area contributed by atoms with Crippen molar-refractivity contribution in [3.05, 3.63) is 52.2 Å². The molecule has 8 nitrogen and oxygen atoms in total. The van der Waals surface area contributed by atoms with Crippen molar-refractivity contribution in [2.45, 2.75) is 24.3 Å². The Kier molecular flexibility index (Phi) is 5.17. The Labute approximate surface area is 153 Å². The van der Waals surface area contributed by atoms with Gasteiger partial charge in [-0.2, -0.15) is 0 Å². The summed E-state index contributed by atoms with van der Waals surface area (Å²) in [5, 5.41) is 0.687. The first-order valence-electron chi connectivity index (χ1n) is 7.94. The summed E-state index contributed by atoms with van der Waals surface area (Å²) in [5.74, 6) is -0.00132. The van der Waals surface area contributed by atoms with Gasteiger partial charge in [0.2, 0.25) is 0 Å². The van der Waals surface area contributed by atoms with Gasteiger partial charge in [-0.3, -0.25) is 4.79 Å². The molecule has 0 aliphatic heterocycles. The van der Waals surface area contributed by atoms with E-state index in [0.29, 0.717) is 21.9 Å². The van der Waals surface area contributed by atoms with Gasteiger partial charge < -0.3 is 15.5 Å². The number of para-hydroxylation sites is 1. The van der Waals surface area contributed by atoms with Crippen LogP contribution < -0.4 is 11.3 Å². The summed E-state index contributed by atoms with van der Waals surface area (Å²) >= 11 is 1.27. The second-order valence-electron chi connectivity index (χ2n) is 5.40. The van der Waals surface area contributed by atoms with E-state index in [-0.39, 0.29) is 28.8 Å². The molecule has 1 atom stereocenters. The lowest BCUT2D eigenvalue weighted by atomic mass is 10.2. The number of anilines is 1. The third-order valence-corrected chi connectivity index (χ3v) is 4.57. The second-order valence-corrected chi connectivity index (χ2v) is 6.71. The second kappa shape index (κ2) is 7.52. The first-order valence-corrected chi connectivity index (χ1v) is 8.82. The topological polar surface area (TPSA) is 124 Å². The third kappa shape index (κ3) is 3.67. The lowest BCUT2D eigenvalue weighted by Gasteiger charge is -2.11. The van der Waals surface area contributed by atoms with Crippen LogP contribution in [0.4, 0.5) is 5.82 Å². The van der Waals surface area contributed by atoms with Gasteiger partial charge in [0.1, 0.15) is 17.2 Å². The van der Waals surface area contributed by atoms with Crippen molar-refractivity contribution < 1.29 is 9.53 Å². The number of thioether (sulfide) groups is 1. The molecule has 0 aliphatic carbocycles. The van der Waals surface area contributed by atoms with Gasteiger partial charge >= 0.3 is 5.97 Å². The number of nitrogen functional groups attached to an aromatic ring is 1. The lowest BCUT2D eigenvalue weighted by molar-refractivity contribution is 0.0526. The molecule has 2 aromatic heterocycles. The quantitative estimate of drug-likeness (QED) is 0.398. The summed E-state index contributed by atoms with van der Waals surface area (Å²) in [4.78, 5) is 39.5. The fourth-order valence-electron chi connectivity index (χ4n) is 2.31. The fourth-order valence-corrected chi connectivity index (χ4v) is 3.12. The van der Waals surface area contributed by atoms with Crippen molar-refractivity contribution in [2.75, 3.05) is 12.3 Å². The van der Waals surface area contributed by atoms with E-state index < -0.39 is 5.97 Å². The number of benzene rings is 1. The molecule has 2 heterocycles. The minimum absolute atomic E-state index is 0.0492. The van der Waals surface area contributed by atoms with Crippen LogP contribution in [0.1, 0.15) is 35.3 Å². The Hall–Kier alpha value is -2.94. The zero-order valence-electron chi connectivity index (χ0n) is 14.2. The molecule has 0 unspecified atom stereocenters. The Morgan fingerprint density at radius 3 is 2.85 bits per heavy atom.